The summed E-state index contributed by atoms with van der Waals surface area (Å²) in [5, 5.41) is 9.12. The standard InChI is InChI=1S/C13H22N2O4/c1-8(2)6-15(7-11(14)16)12(17)9-4-3-5-10(9)13(18)19/h8-10H,3-7H2,1-2H3,(H2,14,16)(H,18,19). The molecule has 3 N–H and O–H groups in total. The fourth-order valence-corrected chi connectivity index (χ4v) is 2.65. The summed E-state index contributed by atoms with van der Waals surface area (Å²) in [7, 11) is 0. The summed E-state index contributed by atoms with van der Waals surface area (Å²) >= 11 is 0. The number of primary amides is 1. The molecule has 1 aliphatic carbocycles. The first-order valence-corrected chi connectivity index (χ1v) is 6.62. The lowest BCUT2D eigenvalue weighted by atomic mass is 9.94. The fraction of sp³-hybridized carbons (Fsp3) is 0.769. The van der Waals surface area contributed by atoms with E-state index in [9.17, 15) is 14.4 Å². The fourth-order valence-electron chi connectivity index (χ4n) is 2.65. The van der Waals surface area contributed by atoms with E-state index in [1.165, 1.54) is 4.90 Å². The summed E-state index contributed by atoms with van der Waals surface area (Å²) in [5.74, 6) is -2.70. The van der Waals surface area contributed by atoms with Gasteiger partial charge in [0.15, 0.2) is 0 Å². The lowest BCUT2D eigenvalue weighted by Crippen LogP contribution is -2.45. The topological polar surface area (TPSA) is 101 Å². The van der Waals surface area contributed by atoms with Crippen LogP contribution in [0.5, 0.6) is 0 Å². The summed E-state index contributed by atoms with van der Waals surface area (Å²) < 4.78 is 0. The maximum atomic E-state index is 12.4. The molecule has 0 aromatic rings. The molecule has 2 amide bonds. The molecule has 1 aliphatic rings. The molecule has 6 nitrogen and oxygen atoms in total. The number of hydrogen-bond donors (Lipinski definition) is 2. The Hall–Kier alpha value is -1.59. The second-order valence-corrected chi connectivity index (χ2v) is 5.56. The van der Waals surface area contributed by atoms with Crippen molar-refractivity contribution in [3.05, 3.63) is 0 Å². The van der Waals surface area contributed by atoms with Crippen molar-refractivity contribution in [2.24, 2.45) is 23.5 Å². The van der Waals surface area contributed by atoms with Gasteiger partial charge >= 0.3 is 5.97 Å². The number of nitrogens with two attached hydrogens (primary N) is 1. The van der Waals surface area contributed by atoms with Gasteiger partial charge in [-0.25, -0.2) is 0 Å². The van der Waals surface area contributed by atoms with Crippen LogP contribution in [0.25, 0.3) is 0 Å². The second-order valence-electron chi connectivity index (χ2n) is 5.56. The molecular weight excluding hydrogens is 248 g/mol. The summed E-state index contributed by atoms with van der Waals surface area (Å²) in [4.78, 5) is 35.9. The Balaban J connectivity index is 2.79. The third kappa shape index (κ3) is 4.22. The molecule has 1 fully saturated rings. The zero-order valence-electron chi connectivity index (χ0n) is 11.5. The number of carbonyl (C=O) groups is 3. The Kier molecular flexibility index (Phi) is 5.32. The molecule has 0 heterocycles. The quantitative estimate of drug-likeness (QED) is 0.732. The lowest BCUT2D eigenvalue weighted by molar-refractivity contribution is -0.149. The van der Waals surface area contributed by atoms with Crippen LogP contribution in [0.3, 0.4) is 0 Å². The number of carboxylic acid groups (broad SMARTS) is 1. The molecule has 0 bridgehead atoms. The Morgan fingerprint density at radius 1 is 1.26 bits per heavy atom. The number of carbonyl (C=O) groups excluding carboxylic acids is 2. The van der Waals surface area contributed by atoms with Gasteiger partial charge in [-0.2, -0.15) is 0 Å². The summed E-state index contributed by atoms with van der Waals surface area (Å²) in [6.07, 6.45) is 1.83. The lowest BCUT2D eigenvalue weighted by Gasteiger charge is -2.27. The molecule has 1 rings (SSSR count). The predicted octanol–water partition coefficient (Wildman–Crippen LogP) is 0.457. The third-order valence-electron chi connectivity index (χ3n) is 3.39. The molecule has 108 valence electrons. The monoisotopic (exact) mass is 270 g/mol. The highest BCUT2D eigenvalue weighted by atomic mass is 16.4. The average Bonchev–Trinajstić information content (AvgIpc) is 2.74. The molecule has 19 heavy (non-hydrogen) atoms. The smallest absolute Gasteiger partial charge is 0.307 e. The first-order valence-electron chi connectivity index (χ1n) is 6.62. The zero-order chi connectivity index (χ0) is 14.6. The van der Waals surface area contributed by atoms with Gasteiger partial charge in [-0.1, -0.05) is 20.3 Å². The van der Waals surface area contributed by atoms with E-state index in [1.54, 1.807) is 0 Å². The number of aliphatic carboxylic acids is 1. The van der Waals surface area contributed by atoms with Crippen molar-refractivity contribution in [1.82, 2.24) is 4.90 Å². The molecule has 0 saturated heterocycles. The van der Waals surface area contributed by atoms with E-state index in [0.717, 1.165) is 6.42 Å². The highest BCUT2D eigenvalue weighted by Gasteiger charge is 2.39. The molecular formula is C13H22N2O4. The van der Waals surface area contributed by atoms with E-state index in [2.05, 4.69) is 0 Å². The van der Waals surface area contributed by atoms with Crippen LogP contribution >= 0.6 is 0 Å². The highest BCUT2D eigenvalue weighted by Crippen LogP contribution is 2.33. The number of amides is 2. The average molecular weight is 270 g/mol. The minimum absolute atomic E-state index is 0.139. The molecule has 1 saturated carbocycles. The first kappa shape index (κ1) is 15.5. The molecule has 0 radical (unpaired) electrons. The normalized spacial score (nSPS) is 22.5. The number of rotatable bonds is 6. The second kappa shape index (κ2) is 6.54. The van der Waals surface area contributed by atoms with Crippen molar-refractivity contribution < 1.29 is 19.5 Å². The van der Waals surface area contributed by atoms with Crippen molar-refractivity contribution in [3.63, 3.8) is 0 Å². The Labute approximate surface area is 112 Å². The summed E-state index contributed by atoms with van der Waals surface area (Å²) in [5.41, 5.74) is 5.15. The van der Waals surface area contributed by atoms with Crippen LogP contribution in [-0.2, 0) is 14.4 Å². The van der Waals surface area contributed by atoms with Crippen molar-refractivity contribution in [1.29, 1.82) is 0 Å². The number of hydrogen-bond acceptors (Lipinski definition) is 3. The van der Waals surface area contributed by atoms with Crippen LogP contribution in [0.1, 0.15) is 33.1 Å². The van der Waals surface area contributed by atoms with Crippen molar-refractivity contribution >= 4 is 17.8 Å². The van der Waals surface area contributed by atoms with Crippen LogP contribution in [0.4, 0.5) is 0 Å². The minimum atomic E-state index is -0.931. The van der Waals surface area contributed by atoms with Gasteiger partial charge in [0, 0.05) is 6.54 Å². The molecule has 2 unspecified atom stereocenters. The van der Waals surface area contributed by atoms with Crippen molar-refractivity contribution in [2.75, 3.05) is 13.1 Å². The van der Waals surface area contributed by atoms with Gasteiger partial charge in [0.2, 0.25) is 11.8 Å². The molecule has 0 aromatic heterocycles. The van der Waals surface area contributed by atoms with Crippen LogP contribution in [0.2, 0.25) is 0 Å². The van der Waals surface area contributed by atoms with Gasteiger partial charge in [-0.15, -0.1) is 0 Å². The van der Waals surface area contributed by atoms with Crippen molar-refractivity contribution in [2.45, 2.75) is 33.1 Å². The van der Waals surface area contributed by atoms with E-state index in [-0.39, 0.29) is 18.4 Å². The van der Waals surface area contributed by atoms with E-state index in [1.807, 2.05) is 13.8 Å². The van der Waals surface area contributed by atoms with Crippen LogP contribution in [-0.4, -0.2) is 40.9 Å². The summed E-state index contributed by atoms with van der Waals surface area (Å²) in [6, 6.07) is 0. The Morgan fingerprint density at radius 3 is 2.32 bits per heavy atom. The number of carboxylic acids is 1. The van der Waals surface area contributed by atoms with Gasteiger partial charge in [0.25, 0.3) is 0 Å². The van der Waals surface area contributed by atoms with E-state index in [4.69, 9.17) is 10.8 Å². The zero-order valence-corrected chi connectivity index (χ0v) is 11.5. The predicted molar refractivity (Wildman–Crippen MR) is 69.1 cm³/mol. The highest BCUT2D eigenvalue weighted by molar-refractivity contribution is 5.88. The number of nitrogens with zero attached hydrogens (tertiary/aromatic N) is 1. The molecule has 0 spiro atoms. The third-order valence-corrected chi connectivity index (χ3v) is 3.39. The van der Waals surface area contributed by atoms with Gasteiger partial charge in [-0.05, 0) is 18.8 Å². The molecule has 6 heteroatoms. The largest absolute Gasteiger partial charge is 0.481 e. The van der Waals surface area contributed by atoms with E-state index < -0.39 is 23.7 Å². The van der Waals surface area contributed by atoms with Crippen molar-refractivity contribution in [3.8, 4) is 0 Å². The van der Waals surface area contributed by atoms with Crippen LogP contribution < -0.4 is 5.73 Å². The summed E-state index contributed by atoms with van der Waals surface area (Å²) in [6.45, 7) is 4.15. The van der Waals surface area contributed by atoms with E-state index in [0.29, 0.717) is 19.4 Å². The van der Waals surface area contributed by atoms with Crippen LogP contribution in [0.15, 0.2) is 0 Å². The van der Waals surface area contributed by atoms with Gasteiger partial charge in [0.1, 0.15) is 0 Å². The molecule has 0 aromatic carbocycles. The maximum absolute atomic E-state index is 12.4. The van der Waals surface area contributed by atoms with Gasteiger partial charge in [0.05, 0.1) is 18.4 Å². The Bertz CT molecular complexity index is 368. The van der Waals surface area contributed by atoms with Gasteiger partial charge in [-0.3, -0.25) is 14.4 Å². The Morgan fingerprint density at radius 2 is 1.84 bits per heavy atom. The molecule has 2 atom stereocenters. The molecule has 0 aliphatic heterocycles. The van der Waals surface area contributed by atoms with E-state index >= 15 is 0 Å². The van der Waals surface area contributed by atoms with Gasteiger partial charge < -0.3 is 15.7 Å². The van der Waals surface area contributed by atoms with Crippen LogP contribution in [0, 0.1) is 17.8 Å². The first-order chi connectivity index (χ1) is 8.82. The maximum Gasteiger partial charge on any atom is 0.307 e. The SMILES string of the molecule is CC(C)CN(CC(N)=O)C(=O)C1CCCC1C(=O)O. The minimum Gasteiger partial charge on any atom is -0.481 e.